The molecule has 3 rings (SSSR count). The van der Waals surface area contributed by atoms with Crippen LogP contribution < -0.4 is 20.1 Å². The summed E-state index contributed by atoms with van der Waals surface area (Å²) >= 11 is 6.12. The van der Waals surface area contributed by atoms with E-state index in [1.807, 2.05) is 0 Å². The molecule has 0 unspecified atom stereocenters. The first-order valence-corrected chi connectivity index (χ1v) is 9.69. The number of rotatable bonds is 7. The van der Waals surface area contributed by atoms with Gasteiger partial charge in [0, 0.05) is 6.07 Å². The Kier molecular flexibility index (Phi) is 6.65. The van der Waals surface area contributed by atoms with Gasteiger partial charge in [-0.1, -0.05) is 42.2 Å². The summed E-state index contributed by atoms with van der Waals surface area (Å²) in [5.74, 6) is -0.175. The highest BCUT2D eigenvalue weighted by atomic mass is 32.2. The molecule has 2 aromatic rings. The summed E-state index contributed by atoms with van der Waals surface area (Å²) in [5.41, 5.74) is 0.551. The third-order valence-corrected chi connectivity index (χ3v) is 5.02. The van der Waals surface area contributed by atoms with Crippen LogP contribution in [0.3, 0.4) is 0 Å². The molecule has 1 heterocycles. The lowest BCUT2D eigenvalue weighted by atomic mass is 10.2. The smallest absolute Gasteiger partial charge is 0.292 e. The van der Waals surface area contributed by atoms with Gasteiger partial charge in [-0.3, -0.25) is 19.7 Å². The van der Waals surface area contributed by atoms with Crippen molar-refractivity contribution in [3.8, 4) is 11.5 Å². The lowest BCUT2D eigenvalue weighted by Crippen LogP contribution is -2.20. The van der Waals surface area contributed by atoms with Gasteiger partial charge in [0.15, 0.2) is 18.1 Å². The zero-order valence-corrected chi connectivity index (χ0v) is 17.2. The average molecular weight is 445 g/mol. The number of carbonyl (C=O) groups is 2. The number of para-hydroxylation sites is 2. The molecule has 0 radical (unpaired) electrons. The molecule has 0 saturated carbocycles. The van der Waals surface area contributed by atoms with Gasteiger partial charge in [-0.05, 0) is 29.8 Å². The minimum atomic E-state index is -0.581. The third-order valence-electron chi connectivity index (χ3n) is 3.86. The van der Waals surface area contributed by atoms with Crippen LogP contribution in [0.15, 0.2) is 47.4 Å². The summed E-state index contributed by atoms with van der Waals surface area (Å²) in [7, 11) is 1.44. The Morgan fingerprint density at radius 1 is 1.30 bits per heavy atom. The fourth-order valence-electron chi connectivity index (χ4n) is 2.53. The molecule has 1 fully saturated rings. The molecular weight excluding hydrogens is 430 g/mol. The number of carbonyl (C=O) groups excluding carboxylic acids is 2. The first kappa shape index (κ1) is 21.3. The highest BCUT2D eigenvalue weighted by Crippen LogP contribution is 2.31. The van der Waals surface area contributed by atoms with Crippen molar-refractivity contribution in [3.63, 3.8) is 0 Å². The first-order chi connectivity index (χ1) is 14.4. The molecule has 1 aliphatic rings. The van der Waals surface area contributed by atoms with Crippen LogP contribution in [-0.4, -0.2) is 34.8 Å². The molecule has 0 spiro atoms. The van der Waals surface area contributed by atoms with Crippen LogP contribution in [0.4, 0.5) is 11.4 Å². The second-order valence-electron chi connectivity index (χ2n) is 5.87. The zero-order valence-electron chi connectivity index (χ0n) is 15.5. The highest BCUT2D eigenvalue weighted by Gasteiger charge is 2.22. The second-order valence-corrected chi connectivity index (χ2v) is 7.59. The Labute approximate surface area is 180 Å². The molecule has 1 aliphatic heterocycles. The number of thiocarbonyl (C=S) groups is 1. The molecule has 11 heteroatoms. The molecule has 9 nitrogen and oxygen atoms in total. The Balaban J connectivity index is 1.68. The maximum Gasteiger partial charge on any atom is 0.292 e. The second kappa shape index (κ2) is 9.37. The van der Waals surface area contributed by atoms with Crippen molar-refractivity contribution in [3.05, 3.63) is 63.0 Å². The number of hydrogen-bond acceptors (Lipinski definition) is 8. The molecule has 30 heavy (non-hydrogen) atoms. The molecule has 0 bridgehead atoms. The molecule has 2 aromatic carbocycles. The Bertz CT molecular complexity index is 1070. The van der Waals surface area contributed by atoms with Gasteiger partial charge in [0.2, 0.25) is 0 Å². The van der Waals surface area contributed by atoms with Crippen molar-refractivity contribution >= 4 is 57.6 Å². The van der Waals surface area contributed by atoms with Gasteiger partial charge < -0.3 is 20.1 Å². The van der Waals surface area contributed by atoms with Crippen LogP contribution in [0.25, 0.3) is 6.08 Å². The lowest BCUT2D eigenvalue weighted by Gasteiger charge is -2.12. The summed E-state index contributed by atoms with van der Waals surface area (Å²) in [6, 6.07) is 10.8. The molecule has 0 aromatic heterocycles. The number of benzene rings is 2. The van der Waals surface area contributed by atoms with E-state index < -0.39 is 10.8 Å². The number of nitrogens with one attached hydrogen (secondary N) is 2. The maximum atomic E-state index is 12.2. The van der Waals surface area contributed by atoms with Crippen LogP contribution >= 0.6 is 24.0 Å². The molecule has 0 atom stereocenters. The van der Waals surface area contributed by atoms with Gasteiger partial charge in [0.05, 0.1) is 16.9 Å². The van der Waals surface area contributed by atoms with E-state index in [2.05, 4.69) is 10.6 Å². The maximum absolute atomic E-state index is 12.2. The molecule has 2 amide bonds. The van der Waals surface area contributed by atoms with Crippen molar-refractivity contribution < 1.29 is 24.0 Å². The van der Waals surface area contributed by atoms with E-state index in [1.165, 1.54) is 25.3 Å². The Morgan fingerprint density at radius 2 is 2.07 bits per heavy atom. The highest BCUT2D eigenvalue weighted by molar-refractivity contribution is 8.26. The number of ether oxygens (including phenoxy) is 2. The molecule has 0 aliphatic carbocycles. The number of anilines is 1. The third kappa shape index (κ3) is 5.13. The van der Waals surface area contributed by atoms with E-state index in [4.69, 9.17) is 21.7 Å². The molecule has 154 valence electrons. The van der Waals surface area contributed by atoms with Gasteiger partial charge in [0.25, 0.3) is 17.5 Å². The lowest BCUT2D eigenvalue weighted by molar-refractivity contribution is -0.383. The number of nitrogens with zero attached hydrogens (tertiary/aromatic N) is 1. The average Bonchev–Trinajstić information content (AvgIpc) is 3.03. The zero-order chi connectivity index (χ0) is 21.7. The first-order valence-electron chi connectivity index (χ1n) is 8.46. The minimum Gasteiger partial charge on any atom is -0.493 e. The van der Waals surface area contributed by atoms with Crippen molar-refractivity contribution in [2.45, 2.75) is 0 Å². The number of nitro benzene ring substituents is 1. The van der Waals surface area contributed by atoms with Gasteiger partial charge in [-0.2, -0.15) is 0 Å². The van der Waals surface area contributed by atoms with Gasteiger partial charge in [-0.25, -0.2) is 0 Å². The van der Waals surface area contributed by atoms with E-state index in [0.29, 0.717) is 26.3 Å². The van der Waals surface area contributed by atoms with E-state index in [0.717, 1.165) is 11.8 Å². The van der Waals surface area contributed by atoms with Crippen molar-refractivity contribution in [2.24, 2.45) is 0 Å². The monoisotopic (exact) mass is 445 g/mol. The summed E-state index contributed by atoms with van der Waals surface area (Å²) in [6.45, 7) is -0.380. The van der Waals surface area contributed by atoms with Crippen LogP contribution in [0.2, 0.25) is 0 Å². The van der Waals surface area contributed by atoms with Gasteiger partial charge in [-0.15, -0.1) is 0 Å². The normalized spacial score (nSPS) is 14.4. The summed E-state index contributed by atoms with van der Waals surface area (Å²) < 4.78 is 11.2. The quantitative estimate of drug-likeness (QED) is 0.289. The van der Waals surface area contributed by atoms with E-state index >= 15 is 0 Å². The van der Waals surface area contributed by atoms with Gasteiger partial charge >= 0.3 is 0 Å². The van der Waals surface area contributed by atoms with Crippen LogP contribution in [0.5, 0.6) is 11.5 Å². The van der Waals surface area contributed by atoms with Gasteiger partial charge in [0.1, 0.15) is 10.0 Å². The van der Waals surface area contributed by atoms with E-state index in [9.17, 15) is 19.7 Å². The fourth-order valence-corrected chi connectivity index (χ4v) is 3.58. The van der Waals surface area contributed by atoms with Crippen molar-refractivity contribution in [2.75, 3.05) is 19.0 Å². The summed E-state index contributed by atoms with van der Waals surface area (Å²) in [5, 5.41) is 16.0. The van der Waals surface area contributed by atoms with E-state index in [1.54, 1.807) is 30.3 Å². The standard InChI is InChI=1S/C19H15N3O6S2/c1-27-15-8-11(9-16-18(24)21-19(29)30-16)6-7-14(15)28-10-17(23)20-12-4-2-3-5-13(12)22(25)26/h2-9H,10H2,1H3,(H,20,23)(H,21,24,29)/b16-9-. The van der Waals surface area contributed by atoms with Crippen LogP contribution in [0.1, 0.15) is 5.56 Å². The Morgan fingerprint density at radius 3 is 2.73 bits per heavy atom. The minimum absolute atomic E-state index is 0.0790. The largest absolute Gasteiger partial charge is 0.493 e. The summed E-state index contributed by atoms with van der Waals surface area (Å²) in [6.07, 6.45) is 1.66. The SMILES string of the molecule is COc1cc(/C=C2\SC(=S)NC2=O)ccc1OCC(=O)Nc1ccccc1[N+](=O)[O-]. The number of amides is 2. The number of thioether (sulfide) groups is 1. The number of nitro groups is 1. The number of hydrogen-bond donors (Lipinski definition) is 2. The van der Waals surface area contributed by atoms with Crippen molar-refractivity contribution in [1.29, 1.82) is 0 Å². The number of methoxy groups -OCH3 is 1. The van der Waals surface area contributed by atoms with Crippen molar-refractivity contribution in [1.82, 2.24) is 5.32 Å². The van der Waals surface area contributed by atoms with Crippen LogP contribution in [0, 0.1) is 10.1 Å². The molecule has 1 saturated heterocycles. The predicted molar refractivity (Wildman–Crippen MR) is 117 cm³/mol. The van der Waals surface area contributed by atoms with E-state index in [-0.39, 0.29) is 23.9 Å². The molecule has 2 N–H and O–H groups in total. The topological polar surface area (TPSA) is 120 Å². The predicted octanol–water partition coefficient (Wildman–Crippen LogP) is 3.11. The fraction of sp³-hybridized carbons (Fsp3) is 0.105. The van der Waals surface area contributed by atoms with Crippen LogP contribution in [-0.2, 0) is 9.59 Å². The summed E-state index contributed by atoms with van der Waals surface area (Å²) in [4.78, 5) is 34.8. The Hall–Kier alpha value is -3.44. The molecular formula is C19H15N3O6S2.